The molecule has 1 unspecified atom stereocenters. The van der Waals surface area contributed by atoms with Gasteiger partial charge in [-0.2, -0.15) is 5.26 Å². The van der Waals surface area contributed by atoms with Crippen molar-refractivity contribution in [2.75, 3.05) is 0 Å². The third-order valence-corrected chi connectivity index (χ3v) is 3.33. The van der Waals surface area contributed by atoms with Gasteiger partial charge < -0.3 is 9.58 Å². The molecule has 1 aliphatic rings. The van der Waals surface area contributed by atoms with Gasteiger partial charge in [-0.05, 0) is 32.9 Å². The average Bonchev–Trinajstić information content (AvgIpc) is 3.19. The maximum atomic E-state index is 12.0. The Kier molecular flexibility index (Phi) is 3.70. The summed E-state index contributed by atoms with van der Waals surface area (Å²) in [6, 6.07) is 5.35. The van der Waals surface area contributed by atoms with E-state index in [0.717, 1.165) is 18.4 Å². The van der Waals surface area contributed by atoms with Crippen LogP contribution in [-0.4, -0.2) is 16.6 Å². The summed E-state index contributed by atoms with van der Waals surface area (Å²) in [4.78, 5) is 19.8. The van der Waals surface area contributed by atoms with Crippen molar-refractivity contribution in [3.8, 4) is 6.07 Å². The molecular weight excluding hydrogens is 266 g/mol. The second-order valence-electron chi connectivity index (χ2n) is 6.21. The van der Waals surface area contributed by atoms with E-state index < -0.39 is 23.0 Å². The monoisotopic (exact) mass is 283 g/mol. The highest BCUT2D eigenvalue weighted by Crippen LogP contribution is 2.49. The number of hydrogen-bond donors (Lipinski definition) is 0. The first-order valence-corrected chi connectivity index (χ1v) is 6.79. The molecule has 108 valence electrons. The van der Waals surface area contributed by atoms with Crippen LogP contribution in [0.2, 0.25) is 0 Å². The fourth-order valence-electron chi connectivity index (χ4n) is 2.04. The van der Waals surface area contributed by atoms with Gasteiger partial charge in [-0.1, -0.05) is 0 Å². The maximum absolute atomic E-state index is 12.0. The largest absolute Gasteiger partial charge is 0.459 e. The van der Waals surface area contributed by atoms with Gasteiger partial charge in [0.2, 0.25) is 0 Å². The van der Waals surface area contributed by atoms with Gasteiger partial charge in [-0.3, -0.25) is 9.78 Å². The minimum absolute atomic E-state index is 0.358. The number of esters is 1. The Morgan fingerprint density at radius 1 is 1.52 bits per heavy atom. The molecule has 5 heteroatoms. The predicted molar refractivity (Wildman–Crippen MR) is 76.0 cm³/mol. The van der Waals surface area contributed by atoms with Gasteiger partial charge in [0.15, 0.2) is 5.92 Å². The van der Waals surface area contributed by atoms with E-state index in [4.69, 9.17) is 11.3 Å². The third kappa shape index (κ3) is 3.20. The van der Waals surface area contributed by atoms with E-state index in [1.165, 1.54) is 0 Å². The van der Waals surface area contributed by atoms with E-state index in [1.807, 2.05) is 6.07 Å². The molecule has 21 heavy (non-hydrogen) atoms. The Morgan fingerprint density at radius 2 is 2.19 bits per heavy atom. The SMILES string of the molecule is [C-]#[N+]C1(c2ccc(C(C#N)C(=O)OC(C)(C)C)nc2)CC1. The van der Waals surface area contributed by atoms with E-state index in [1.54, 1.807) is 39.1 Å². The average molecular weight is 283 g/mol. The lowest BCUT2D eigenvalue weighted by Gasteiger charge is -2.21. The van der Waals surface area contributed by atoms with Crippen LogP contribution in [0.1, 0.15) is 50.8 Å². The Labute approximate surface area is 124 Å². The standard InChI is InChI=1S/C16H17N3O2/c1-15(2,3)21-14(20)12(9-17)13-6-5-11(10-19-13)16(18-4)7-8-16/h5-6,10,12H,7-8H2,1-3H3. The van der Waals surface area contributed by atoms with Crippen molar-refractivity contribution in [2.45, 2.75) is 50.7 Å². The molecule has 1 heterocycles. The number of carbonyl (C=O) groups excluding carboxylic acids is 1. The van der Waals surface area contributed by atoms with Crippen molar-refractivity contribution in [3.05, 3.63) is 41.0 Å². The molecule has 0 N–H and O–H groups in total. The third-order valence-electron chi connectivity index (χ3n) is 3.33. The quantitative estimate of drug-likeness (QED) is 0.632. The number of nitrogens with zero attached hydrogens (tertiary/aromatic N) is 3. The highest BCUT2D eigenvalue weighted by Gasteiger charge is 2.52. The molecule has 1 fully saturated rings. The van der Waals surface area contributed by atoms with Crippen LogP contribution in [0.3, 0.4) is 0 Å². The van der Waals surface area contributed by atoms with Crippen LogP contribution in [0.5, 0.6) is 0 Å². The van der Waals surface area contributed by atoms with Crippen molar-refractivity contribution in [2.24, 2.45) is 0 Å². The summed E-state index contributed by atoms with van der Waals surface area (Å²) in [6.07, 6.45) is 3.27. The zero-order valence-electron chi connectivity index (χ0n) is 12.4. The molecule has 1 aromatic rings. The van der Waals surface area contributed by atoms with Crippen molar-refractivity contribution in [1.82, 2.24) is 4.98 Å². The summed E-state index contributed by atoms with van der Waals surface area (Å²) in [5, 5.41) is 9.20. The van der Waals surface area contributed by atoms with E-state index >= 15 is 0 Å². The Bertz CT molecular complexity index is 625. The van der Waals surface area contributed by atoms with Gasteiger partial charge in [0.25, 0.3) is 5.54 Å². The number of pyridine rings is 1. The number of carbonyl (C=O) groups is 1. The van der Waals surface area contributed by atoms with Gasteiger partial charge >= 0.3 is 5.97 Å². The Hall–Kier alpha value is -2.40. The number of hydrogen-bond acceptors (Lipinski definition) is 4. The molecule has 2 rings (SSSR count). The van der Waals surface area contributed by atoms with Crippen LogP contribution >= 0.6 is 0 Å². The van der Waals surface area contributed by atoms with Gasteiger partial charge in [0.1, 0.15) is 5.60 Å². The van der Waals surface area contributed by atoms with Crippen LogP contribution in [0.15, 0.2) is 18.3 Å². The van der Waals surface area contributed by atoms with Crippen molar-refractivity contribution in [1.29, 1.82) is 5.26 Å². The zero-order valence-corrected chi connectivity index (χ0v) is 12.4. The number of nitriles is 1. The molecule has 1 aromatic heterocycles. The number of rotatable bonds is 3. The van der Waals surface area contributed by atoms with E-state index in [2.05, 4.69) is 9.83 Å². The fraction of sp³-hybridized carbons (Fsp3) is 0.500. The molecular formula is C16H17N3O2. The summed E-state index contributed by atoms with van der Waals surface area (Å²) >= 11 is 0. The Morgan fingerprint density at radius 3 is 2.57 bits per heavy atom. The summed E-state index contributed by atoms with van der Waals surface area (Å²) in [7, 11) is 0. The molecule has 0 amide bonds. The summed E-state index contributed by atoms with van der Waals surface area (Å²) < 4.78 is 5.23. The smallest absolute Gasteiger partial charge is 0.330 e. The Balaban J connectivity index is 2.19. The normalized spacial score (nSPS) is 17.2. The van der Waals surface area contributed by atoms with E-state index in [0.29, 0.717) is 5.69 Å². The molecule has 0 spiro atoms. The lowest BCUT2D eigenvalue weighted by atomic mass is 10.0. The molecule has 1 atom stereocenters. The van der Waals surface area contributed by atoms with Crippen LogP contribution in [0.4, 0.5) is 0 Å². The zero-order chi connectivity index (χ0) is 15.7. The minimum Gasteiger partial charge on any atom is -0.459 e. The summed E-state index contributed by atoms with van der Waals surface area (Å²) in [5.74, 6) is -1.64. The van der Waals surface area contributed by atoms with Crippen LogP contribution < -0.4 is 0 Å². The van der Waals surface area contributed by atoms with Gasteiger partial charge in [0, 0.05) is 19.0 Å². The summed E-state index contributed by atoms with van der Waals surface area (Å²) in [6.45, 7) is 12.5. The lowest BCUT2D eigenvalue weighted by Crippen LogP contribution is -2.27. The molecule has 1 saturated carbocycles. The lowest BCUT2D eigenvalue weighted by molar-refractivity contribution is -0.155. The van der Waals surface area contributed by atoms with Crippen molar-refractivity contribution < 1.29 is 9.53 Å². The molecule has 5 nitrogen and oxygen atoms in total. The molecule has 0 aromatic carbocycles. The molecule has 0 aliphatic heterocycles. The first kappa shape index (κ1) is 15.0. The molecule has 1 aliphatic carbocycles. The van der Waals surface area contributed by atoms with Gasteiger partial charge in [0.05, 0.1) is 17.3 Å². The predicted octanol–water partition coefficient (Wildman–Crippen LogP) is 2.94. The van der Waals surface area contributed by atoms with Gasteiger partial charge in [-0.25, -0.2) is 6.57 Å². The second-order valence-corrected chi connectivity index (χ2v) is 6.21. The first-order valence-electron chi connectivity index (χ1n) is 6.79. The van der Waals surface area contributed by atoms with Crippen LogP contribution in [-0.2, 0) is 15.1 Å². The maximum Gasteiger partial charge on any atom is 0.330 e. The van der Waals surface area contributed by atoms with Gasteiger partial charge in [-0.15, -0.1) is 0 Å². The molecule has 0 saturated heterocycles. The molecule has 0 radical (unpaired) electrons. The number of aromatic nitrogens is 1. The van der Waals surface area contributed by atoms with Crippen LogP contribution in [0.25, 0.3) is 4.85 Å². The van der Waals surface area contributed by atoms with E-state index in [-0.39, 0.29) is 0 Å². The first-order chi connectivity index (χ1) is 9.81. The molecule has 0 bridgehead atoms. The minimum atomic E-state index is -1.04. The topological polar surface area (TPSA) is 67.3 Å². The van der Waals surface area contributed by atoms with E-state index in [9.17, 15) is 10.1 Å². The van der Waals surface area contributed by atoms with Crippen molar-refractivity contribution >= 4 is 5.97 Å². The highest BCUT2D eigenvalue weighted by molar-refractivity contribution is 5.81. The van der Waals surface area contributed by atoms with Crippen molar-refractivity contribution in [3.63, 3.8) is 0 Å². The fourth-order valence-corrected chi connectivity index (χ4v) is 2.04. The summed E-state index contributed by atoms with van der Waals surface area (Å²) in [5.41, 5.74) is 0.131. The second kappa shape index (κ2) is 5.18. The highest BCUT2D eigenvalue weighted by atomic mass is 16.6. The number of ether oxygens (including phenoxy) is 1. The van der Waals surface area contributed by atoms with Crippen LogP contribution in [0, 0.1) is 17.9 Å².